The Labute approximate surface area is 355 Å². The van der Waals surface area contributed by atoms with Crippen LogP contribution in [-0.2, 0) is 10.8 Å². The van der Waals surface area contributed by atoms with Crippen molar-refractivity contribution in [1.82, 2.24) is 9.97 Å². The van der Waals surface area contributed by atoms with E-state index in [1.54, 1.807) is 0 Å². The molecule has 2 nitrogen and oxygen atoms in total. The lowest BCUT2D eigenvalue weighted by Crippen LogP contribution is -2.44. The predicted molar refractivity (Wildman–Crippen MR) is 249 cm³/mol. The van der Waals surface area contributed by atoms with Crippen LogP contribution >= 0.6 is 0 Å². The van der Waals surface area contributed by atoms with Crippen molar-refractivity contribution in [3.63, 3.8) is 0 Å². The van der Waals surface area contributed by atoms with Gasteiger partial charge in [0, 0.05) is 22.3 Å². The minimum Gasteiger partial charge on any atom is -0.228 e. The number of hydrogen-bond donors (Lipinski definition) is 0. The third-order valence-corrected chi connectivity index (χ3v) is 13.9. The summed E-state index contributed by atoms with van der Waals surface area (Å²) in [5.41, 5.74) is 20.3. The minimum atomic E-state index is -0.669. The molecule has 3 aliphatic carbocycles. The van der Waals surface area contributed by atoms with E-state index >= 15 is 0 Å². The summed E-state index contributed by atoms with van der Waals surface area (Å²) in [5.74, 6) is 0.722. The Morgan fingerprint density at radius 3 is 1.33 bits per heavy atom. The van der Waals surface area contributed by atoms with E-state index < -0.39 is 10.8 Å². The van der Waals surface area contributed by atoms with E-state index in [0.29, 0.717) is 0 Å². The molecule has 2 heteroatoms. The summed E-state index contributed by atoms with van der Waals surface area (Å²) >= 11 is 0. The molecule has 0 unspecified atom stereocenters. The maximum atomic E-state index is 5.73. The number of rotatable bonds is 3. The van der Waals surface area contributed by atoms with Crippen LogP contribution < -0.4 is 0 Å². The normalized spacial score (nSPS) is 14.2. The summed E-state index contributed by atoms with van der Waals surface area (Å²) < 4.78 is 0. The monoisotopic (exact) mass is 774 g/mol. The van der Waals surface area contributed by atoms with E-state index in [-0.39, 0.29) is 0 Å². The molecule has 284 valence electrons. The average Bonchev–Trinajstić information content (AvgIpc) is 3.79. The fourth-order valence-electron chi connectivity index (χ4n) is 11.6. The van der Waals surface area contributed by atoms with Gasteiger partial charge in [-0.1, -0.05) is 206 Å². The van der Waals surface area contributed by atoms with Gasteiger partial charge in [0.1, 0.15) is 0 Å². The number of aromatic nitrogens is 2. The highest BCUT2D eigenvalue weighted by Gasteiger charge is 2.59. The second kappa shape index (κ2) is 12.7. The lowest BCUT2D eigenvalue weighted by molar-refractivity contribution is 0.634. The molecule has 0 atom stereocenters. The van der Waals surface area contributed by atoms with Crippen molar-refractivity contribution in [2.45, 2.75) is 17.8 Å². The van der Waals surface area contributed by atoms with E-state index in [1.165, 1.54) is 77.5 Å². The Kier molecular flexibility index (Phi) is 7.10. The second-order valence-electron chi connectivity index (χ2n) is 16.8. The summed E-state index contributed by atoms with van der Waals surface area (Å²) in [6.07, 6.45) is 0. The summed E-state index contributed by atoms with van der Waals surface area (Å²) in [6, 6.07) is 78.5. The first-order valence-electron chi connectivity index (χ1n) is 21.3. The molecule has 0 saturated carbocycles. The molecule has 13 rings (SSSR count). The molecule has 2 spiro atoms. The smallest absolute Gasteiger partial charge is 0.160 e. The highest BCUT2D eigenvalue weighted by molar-refractivity contribution is 5.96. The SMILES string of the molecule is Cc1c(-c2ccccc2)nc(-c2cccc3c2C2(c4ccccc4-c4ccccc42)c2ccccc2C32c3ccccc3-c3ccccc32)nc1-c1ccc2ccccc2c1. The van der Waals surface area contributed by atoms with Crippen LogP contribution in [0.2, 0.25) is 0 Å². The molecule has 61 heavy (non-hydrogen) atoms. The molecule has 0 amide bonds. The van der Waals surface area contributed by atoms with Crippen LogP contribution in [0.15, 0.2) is 212 Å². The van der Waals surface area contributed by atoms with Crippen molar-refractivity contribution in [3.8, 4) is 56.2 Å². The lowest BCUT2D eigenvalue weighted by Gasteiger charge is -2.49. The molecule has 3 aliphatic rings. The maximum Gasteiger partial charge on any atom is 0.160 e. The summed E-state index contributed by atoms with van der Waals surface area (Å²) in [4.78, 5) is 11.4. The first kappa shape index (κ1) is 34.2. The quantitative estimate of drug-likeness (QED) is 0.179. The second-order valence-corrected chi connectivity index (χ2v) is 16.8. The van der Waals surface area contributed by atoms with Gasteiger partial charge in [0.25, 0.3) is 0 Å². The van der Waals surface area contributed by atoms with Crippen LogP contribution in [0.3, 0.4) is 0 Å². The largest absolute Gasteiger partial charge is 0.228 e. The highest BCUT2D eigenvalue weighted by Crippen LogP contribution is 2.68. The predicted octanol–water partition coefficient (Wildman–Crippen LogP) is 14.0. The molecule has 9 aromatic carbocycles. The number of nitrogens with zero attached hydrogens (tertiary/aromatic N) is 2. The minimum absolute atomic E-state index is 0.596. The van der Waals surface area contributed by atoms with Gasteiger partial charge in [-0.3, -0.25) is 0 Å². The van der Waals surface area contributed by atoms with Gasteiger partial charge in [-0.25, -0.2) is 9.97 Å². The summed E-state index contributed by atoms with van der Waals surface area (Å²) in [6.45, 7) is 2.18. The molecule has 0 saturated heterocycles. The van der Waals surface area contributed by atoms with E-state index in [4.69, 9.17) is 9.97 Å². The van der Waals surface area contributed by atoms with Crippen LogP contribution in [0.1, 0.15) is 50.1 Å². The zero-order valence-electron chi connectivity index (χ0n) is 33.6. The Morgan fingerprint density at radius 1 is 0.311 bits per heavy atom. The van der Waals surface area contributed by atoms with Gasteiger partial charge in [0.2, 0.25) is 0 Å². The Bertz CT molecular complexity index is 3360. The molecule has 10 aromatic rings. The van der Waals surface area contributed by atoms with Gasteiger partial charge in [-0.15, -0.1) is 0 Å². The highest BCUT2D eigenvalue weighted by atomic mass is 14.9. The van der Waals surface area contributed by atoms with Gasteiger partial charge >= 0.3 is 0 Å². The van der Waals surface area contributed by atoms with E-state index in [9.17, 15) is 0 Å². The zero-order chi connectivity index (χ0) is 40.3. The number of benzene rings is 9. The third kappa shape index (κ3) is 4.41. The molecule has 0 aliphatic heterocycles. The molecule has 0 N–H and O–H groups in total. The molecule has 1 aromatic heterocycles. The van der Waals surface area contributed by atoms with Crippen LogP contribution in [0.5, 0.6) is 0 Å². The first-order chi connectivity index (χ1) is 30.2. The number of hydrogen-bond acceptors (Lipinski definition) is 2. The van der Waals surface area contributed by atoms with Gasteiger partial charge in [-0.2, -0.15) is 0 Å². The molecular formula is C59H38N2. The maximum absolute atomic E-state index is 5.73. The fourth-order valence-corrected chi connectivity index (χ4v) is 11.6. The van der Waals surface area contributed by atoms with Crippen molar-refractivity contribution < 1.29 is 0 Å². The van der Waals surface area contributed by atoms with Crippen molar-refractivity contribution >= 4 is 10.8 Å². The molecular weight excluding hydrogens is 737 g/mol. The van der Waals surface area contributed by atoms with Crippen molar-refractivity contribution in [2.24, 2.45) is 0 Å². The van der Waals surface area contributed by atoms with Gasteiger partial charge < -0.3 is 0 Å². The molecule has 0 radical (unpaired) electrons. The van der Waals surface area contributed by atoms with E-state index in [2.05, 4.69) is 219 Å². The molecule has 0 bridgehead atoms. The van der Waals surface area contributed by atoms with Crippen LogP contribution in [0.4, 0.5) is 0 Å². The summed E-state index contributed by atoms with van der Waals surface area (Å²) in [7, 11) is 0. The lowest BCUT2D eigenvalue weighted by atomic mass is 9.51. The van der Waals surface area contributed by atoms with Crippen molar-refractivity contribution in [3.05, 3.63) is 262 Å². The van der Waals surface area contributed by atoms with Crippen LogP contribution in [0, 0.1) is 6.92 Å². The topological polar surface area (TPSA) is 25.8 Å². The molecule has 0 fully saturated rings. The van der Waals surface area contributed by atoms with E-state index in [1.807, 2.05) is 0 Å². The van der Waals surface area contributed by atoms with Crippen LogP contribution in [0.25, 0.3) is 66.9 Å². The average molecular weight is 775 g/mol. The van der Waals surface area contributed by atoms with Crippen LogP contribution in [-0.4, -0.2) is 9.97 Å². The van der Waals surface area contributed by atoms with Crippen molar-refractivity contribution in [1.29, 1.82) is 0 Å². The third-order valence-electron chi connectivity index (χ3n) is 13.9. The van der Waals surface area contributed by atoms with Crippen molar-refractivity contribution in [2.75, 3.05) is 0 Å². The Balaban J connectivity index is 1.22. The number of fused-ring (bicyclic) bond motifs is 17. The van der Waals surface area contributed by atoms with Gasteiger partial charge in [0.15, 0.2) is 5.82 Å². The summed E-state index contributed by atoms with van der Waals surface area (Å²) in [5, 5.41) is 2.40. The van der Waals surface area contributed by atoms with E-state index in [0.717, 1.165) is 39.5 Å². The first-order valence-corrected chi connectivity index (χ1v) is 21.3. The molecule has 1 heterocycles. The fraction of sp³-hybridized carbons (Fsp3) is 0.0508. The standard InChI is InChI=1S/C59H38N2/c1-37-55(39-19-3-2-4-20-39)60-57(61-56(37)41-35-34-38-18-5-6-21-40(38)36-41)46-26-17-33-53-54(46)59(49-29-13-9-24-44(49)45-25-10-14-30-50(45)59)52-32-16-15-31-51(52)58(53)47-27-11-7-22-42(47)43-23-8-12-28-48(43)58/h2-36H,1H3. The Morgan fingerprint density at radius 2 is 0.738 bits per heavy atom. The van der Waals surface area contributed by atoms with Gasteiger partial charge in [-0.05, 0) is 90.5 Å². The zero-order valence-corrected chi connectivity index (χ0v) is 33.6. The van der Waals surface area contributed by atoms with Gasteiger partial charge in [0.05, 0.1) is 22.2 Å². The Hall–Kier alpha value is -7.68.